The molecule has 24 heavy (non-hydrogen) atoms. The van der Waals surface area contributed by atoms with Gasteiger partial charge in [0, 0.05) is 25.6 Å². The fourth-order valence-electron chi connectivity index (χ4n) is 3.59. The minimum absolute atomic E-state index is 0.488. The number of likely N-dealkylation sites (tertiary alicyclic amines) is 1. The first-order chi connectivity index (χ1) is 11.7. The van der Waals surface area contributed by atoms with Gasteiger partial charge < -0.3 is 5.32 Å². The van der Waals surface area contributed by atoms with Crippen LogP contribution < -0.4 is 5.32 Å². The molecule has 4 heteroatoms. The largest absolute Gasteiger partial charge is 0.317 e. The van der Waals surface area contributed by atoms with Gasteiger partial charge in [0.05, 0.1) is 10.0 Å². The van der Waals surface area contributed by atoms with Crippen LogP contribution in [0.5, 0.6) is 0 Å². The molecule has 2 aromatic rings. The Morgan fingerprint density at radius 2 is 1.83 bits per heavy atom. The van der Waals surface area contributed by atoms with Gasteiger partial charge in [-0.05, 0) is 42.3 Å². The average Bonchev–Trinajstić information content (AvgIpc) is 2.99. The highest BCUT2D eigenvalue weighted by molar-refractivity contribution is 6.42. The van der Waals surface area contributed by atoms with E-state index < -0.39 is 0 Å². The second-order valence-electron chi connectivity index (χ2n) is 6.53. The second-order valence-corrected chi connectivity index (χ2v) is 7.34. The van der Waals surface area contributed by atoms with E-state index in [0.717, 1.165) is 32.7 Å². The van der Waals surface area contributed by atoms with Crippen LogP contribution in [0, 0.1) is 5.92 Å². The molecule has 0 unspecified atom stereocenters. The maximum Gasteiger partial charge on any atom is 0.0595 e. The van der Waals surface area contributed by atoms with Gasteiger partial charge in [-0.25, -0.2) is 0 Å². The number of halogens is 2. The quantitative estimate of drug-likeness (QED) is 0.792. The van der Waals surface area contributed by atoms with Crippen LogP contribution >= 0.6 is 23.2 Å². The molecule has 0 amide bonds. The minimum Gasteiger partial charge on any atom is -0.317 e. The van der Waals surface area contributed by atoms with Crippen LogP contribution in [0.1, 0.15) is 24.0 Å². The Kier molecular flexibility index (Phi) is 6.18. The Balaban J connectivity index is 1.76. The third-order valence-corrected chi connectivity index (χ3v) is 5.53. The van der Waals surface area contributed by atoms with Crippen molar-refractivity contribution in [2.45, 2.75) is 19.4 Å². The van der Waals surface area contributed by atoms with E-state index >= 15 is 0 Å². The number of nitrogens with zero attached hydrogens (tertiary/aromatic N) is 1. The predicted octanol–water partition coefficient (Wildman–Crippen LogP) is 4.82. The van der Waals surface area contributed by atoms with Crippen LogP contribution in [0.2, 0.25) is 10.0 Å². The Morgan fingerprint density at radius 3 is 2.54 bits per heavy atom. The van der Waals surface area contributed by atoms with Gasteiger partial charge in [-0.1, -0.05) is 66.5 Å². The van der Waals surface area contributed by atoms with Gasteiger partial charge in [-0.3, -0.25) is 4.90 Å². The first-order valence-corrected chi connectivity index (χ1v) is 9.35. The molecule has 2 atom stereocenters. The molecule has 0 bridgehead atoms. The topological polar surface area (TPSA) is 15.3 Å². The van der Waals surface area contributed by atoms with E-state index in [1.54, 1.807) is 0 Å². The maximum atomic E-state index is 6.25. The second kappa shape index (κ2) is 8.35. The van der Waals surface area contributed by atoms with E-state index in [1.165, 1.54) is 11.1 Å². The molecule has 1 aliphatic rings. The van der Waals surface area contributed by atoms with Gasteiger partial charge in [-0.2, -0.15) is 0 Å². The van der Waals surface area contributed by atoms with Gasteiger partial charge in [0.15, 0.2) is 0 Å². The van der Waals surface area contributed by atoms with E-state index in [0.29, 0.717) is 21.9 Å². The molecule has 0 aromatic heterocycles. The highest BCUT2D eigenvalue weighted by Gasteiger charge is 2.33. The predicted molar refractivity (Wildman–Crippen MR) is 103 cm³/mol. The first-order valence-electron chi connectivity index (χ1n) is 8.59. The van der Waals surface area contributed by atoms with Crippen molar-refractivity contribution in [1.29, 1.82) is 0 Å². The third-order valence-electron chi connectivity index (χ3n) is 4.79. The zero-order chi connectivity index (χ0) is 16.9. The molecular formula is C20H24Cl2N2. The van der Waals surface area contributed by atoms with Gasteiger partial charge in [0.25, 0.3) is 0 Å². The normalized spacial score (nSPS) is 21.3. The Bertz CT molecular complexity index is 660. The van der Waals surface area contributed by atoms with E-state index in [-0.39, 0.29) is 0 Å². The summed E-state index contributed by atoms with van der Waals surface area (Å²) < 4.78 is 0. The van der Waals surface area contributed by atoms with Crippen molar-refractivity contribution in [1.82, 2.24) is 10.2 Å². The number of nitrogens with one attached hydrogen (secondary N) is 1. The van der Waals surface area contributed by atoms with Gasteiger partial charge in [0.1, 0.15) is 0 Å². The lowest BCUT2D eigenvalue weighted by molar-refractivity contribution is 0.314. The van der Waals surface area contributed by atoms with Gasteiger partial charge in [0.2, 0.25) is 0 Å². The summed E-state index contributed by atoms with van der Waals surface area (Å²) in [4.78, 5) is 2.55. The summed E-state index contributed by atoms with van der Waals surface area (Å²) >= 11 is 12.3. The molecule has 1 N–H and O–H groups in total. The molecule has 2 nitrogen and oxygen atoms in total. The summed E-state index contributed by atoms with van der Waals surface area (Å²) in [6.07, 6.45) is 0. The van der Waals surface area contributed by atoms with Crippen LogP contribution in [0.4, 0.5) is 0 Å². The Labute approximate surface area is 154 Å². The molecule has 0 spiro atoms. The molecule has 0 aliphatic carbocycles. The molecule has 1 aliphatic heterocycles. The molecule has 3 rings (SSSR count). The fourth-order valence-corrected chi connectivity index (χ4v) is 3.90. The zero-order valence-corrected chi connectivity index (χ0v) is 15.5. The van der Waals surface area contributed by atoms with E-state index in [4.69, 9.17) is 23.2 Å². The van der Waals surface area contributed by atoms with Gasteiger partial charge in [-0.15, -0.1) is 0 Å². The Hall–Kier alpha value is -1.06. The molecule has 1 fully saturated rings. The molecule has 0 saturated carbocycles. The Morgan fingerprint density at radius 1 is 1.04 bits per heavy atom. The zero-order valence-electron chi connectivity index (χ0n) is 14.0. The summed E-state index contributed by atoms with van der Waals surface area (Å²) in [5.74, 6) is 1.08. The monoisotopic (exact) mass is 362 g/mol. The highest BCUT2D eigenvalue weighted by atomic mass is 35.5. The number of hydrogen-bond acceptors (Lipinski definition) is 2. The van der Waals surface area contributed by atoms with Crippen LogP contribution in [-0.4, -0.2) is 31.1 Å². The summed E-state index contributed by atoms with van der Waals surface area (Å²) in [7, 11) is 0. The number of rotatable bonds is 6. The van der Waals surface area contributed by atoms with Crippen molar-refractivity contribution < 1.29 is 0 Å². The first kappa shape index (κ1) is 17.8. The van der Waals surface area contributed by atoms with Crippen molar-refractivity contribution >= 4 is 23.2 Å². The average molecular weight is 363 g/mol. The lowest BCUT2D eigenvalue weighted by atomic mass is 9.89. The fraction of sp³-hybridized carbons (Fsp3) is 0.400. The van der Waals surface area contributed by atoms with E-state index in [2.05, 4.69) is 53.5 Å². The van der Waals surface area contributed by atoms with Crippen LogP contribution in [0.25, 0.3) is 0 Å². The molecule has 1 saturated heterocycles. The van der Waals surface area contributed by atoms with Crippen molar-refractivity contribution in [2.24, 2.45) is 5.92 Å². The number of benzene rings is 2. The minimum atomic E-state index is 0.488. The molecule has 1 heterocycles. The van der Waals surface area contributed by atoms with Crippen LogP contribution in [-0.2, 0) is 6.54 Å². The van der Waals surface area contributed by atoms with Gasteiger partial charge >= 0.3 is 0 Å². The summed E-state index contributed by atoms with van der Waals surface area (Å²) in [5.41, 5.74) is 2.66. The standard InChI is InChI=1S/C20H24Cl2N2/c1-2-23-11-17-13-24(12-15-6-4-3-5-7-15)14-18(17)16-8-9-19(21)20(22)10-16/h3-10,17-18,23H,2,11-14H2,1H3/t17-,18+/m0/s1. The van der Waals surface area contributed by atoms with Crippen molar-refractivity contribution in [3.8, 4) is 0 Å². The lowest BCUT2D eigenvalue weighted by Gasteiger charge is -2.19. The van der Waals surface area contributed by atoms with Crippen molar-refractivity contribution in [2.75, 3.05) is 26.2 Å². The highest BCUT2D eigenvalue weighted by Crippen LogP contribution is 2.35. The SMILES string of the molecule is CCNC[C@H]1CN(Cc2ccccc2)C[C@@H]1c1ccc(Cl)c(Cl)c1. The number of hydrogen-bond donors (Lipinski definition) is 1. The van der Waals surface area contributed by atoms with Crippen LogP contribution in [0.15, 0.2) is 48.5 Å². The summed E-state index contributed by atoms with van der Waals surface area (Å²) in [5, 5.41) is 4.79. The van der Waals surface area contributed by atoms with Crippen molar-refractivity contribution in [3.05, 3.63) is 69.7 Å². The maximum absolute atomic E-state index is 6.25. The summed E-state index contributed by atoms with van der Waals surface area (Å²) in [6.45, 7) is 7.36. The molecule has 0 radical (unpaired) electrons. The van der Waals surface area contributed by atoms with Crippen LogP contribution in [0.3, 0.4) is 0 Å². The van der Waals surface area contributed by atoms with E-state index in [9.17, 15) is 0 Å². The third kappa shape index (κ3) is 4.31. The lowest BCUT2D eigenvalue weighted by Crippen LogP contribution is -2.27. The summed E-state index contributed by atoms with van der Waals surface area (Å²) in [6, 6.07) is 16.8. The molecular weight excluding hydrogens is 339 g/mol. The van der Waals surface area contributed by atoms with Crippen molar-refractivity contribution in [3.63, 3.8) is 0 Å². The van der Waals surface area contributed by atoms with E-state index in [1.807, 2.05) is 12.1 Å². The smallest absolute Gasteiger partial charge is 0.0595 e. The molecule has 128 valence electrons. The molecule has 2 aromatic carbocycles.